The summed E-state index contributed by atoms with van der Waals surface area (Å²) >= 11 is 1.62. The molecule has 0 fully saturated rings. The maximum Gasteiger partial charge on any atom is 0.243 e. The van der Waals surface area contributed by atoms with Gasteiger partial charge in [-0.2, -0.15) is 9.57 Å². The maximum absolute atomic E-state index is 12.5. The Morgan fingerprint density at radius 1 is 1.29 bits per heavy atom. The molecular weight excluding hydrogens is 304 g/mol. The molecule has 21 heavy (non-hydrogen) atoms. The molecule has 1 heterocycles. The monoisotopic (exact) mass is 320 g/mol. The van der Waals surface area contributed by atoms with Gasteiger partial charge in [-0.15, -0.1) is 11.3 Å². The van der Waals surface area contributed by atoms with Gasteiger partial charge < -0.3 is 0 Å². The van der Waals surface area contributed by atoms with E-state index in [0.29, 0.717) is 12.0 Å². The van der Waals surface area contributed by atoms with Gasteiger partial charge in [0.25, 0.3) is 0 Å². The SMILES string of the molecule is CC(Cc1cccs1)N(C)S(=O)(=O)c1ccc(C#N)cc1. The summed E-state index contributed by atoms with van der Waals surface area (Å²) in [5, 5.41) is 10.7. The van der Waals surface area contributed by atoms with E-state index in [4.69, 9.17) is 5.26 Å². The van der Waals surface area contributed by atoms with Crippen molar-refractivity contribution in [1.82, 2.24) is 4.31 Å². The van der Waals surface area contributed by atoms with Crippen molar-refractivity contribution < 1.29 is 8.42 Å². The van der Waals surface area contributed by atoms with Crippen molar-refractivity contribution in [1.29, 1.82) is 5.26 Å². The van der Waals surface area contributed by atoms with E-state index >= 15 is 0 Å². The van der Waals surface area contributed by atoms with Gasteiger partial charge in [0.1, 0.15) is 0 Å². The highest BCUT2D eigenvalue weighted by Gasteiger charge is 2.25. The van der Waals surface area contributed by atoms with Gasteiger partial charge in [0.2, 0.25) is 10.0 Å². The second kappa shape index (κ2) is 6.39. The predicted molar refractivity (Wildman–Crippen MR) is 83.6 cm³/mol. The minimum Gasteiger partial charge on any atom is -0.207 e. The third-order valence-electron chi connectivity index (χ3n) is 3.36. The highest BCUT2D eigenvalue weighted by atomic mass is 32.2. The average molecular weight is 320 g/mol. The molecule has 0 saturated carbocycles. The van der Waals surface area contributed by atoms with Crippen LogP contribution in [0.1, 0.15) is 17.4 Å². The molecule has 1 unspecified atom stereocenters. The van der Waals surface area contributed by atoms with E-state index in [9.17, 15) is 8.42 Å². The van der Waals surface area contributed by atoms with Crippen LogP contribution in [0.25, 0.3) is 0 Å². The van der Waals surface area contributed by atoms with Crippen molar-refractivity contribution >= 4 is 21.4 Å². The third kappa shape index (κ3) is 3.50. The zero-order valence-corrected chi connectivity index (χ0v) is 13.5. The lowest BCUT2D eigenvalue weighted by Gasteiger charge is -2.24. The lowest BCUT2D eigenvalue weighted by atomic mass is 10.2. The highest BCUT2D eigenvalue weighted by molar-refractivity contribution is 7.89. The van der Waals surface area contributed by atoms with Crippen molar-refractivity contribution in [2.75, 3.05) is 7.05 Å². The van der Waals surface area contributed by atoms with Crippen LogP contribution >= 0.6 is 11.3 Å². The van der Waals surface area contributed by atoms with Gasteiger partial charge in [0, 0.05) is 18.0 Å². The lowest BCUT2D eigenvalue weighted by Crippen LogP contribution is -2.36. The normalized spacial score (nSPS) is 13.0. The van der Waals surface area contributed by atoms with Gasteiger partial charge in [0.15, 0.2) is 0 Å². The molecule has 0 bridgehead atoms. The Kier molecular flexibility index (Phi) is 4.78. The summed E-state index contributed by atoms with van der Waals surface area (Å²) in [5.41, 5.74) is 0.447. The summed E-state index contributed by atoms with van der Waals surface area (Å²) in [7, 11) is -1.95. The van der Waals surface area contributed by atoms with E-state index in [-0.39, 0.29) is 10.9 Å². The zero-order valence-electron chi connectivity index (χ0n) is 11.9. The molecule has 1 atom stereocenters. The Morgan fingerprint density at radius 2 is 1.95 bits per heavy atom. The summed E-state index contributed by atoms with van der Waals surface area (Å²) in [6, 6.07) is 11.8. The molecular formula is C15H16N2O2S2. The summed E-state index contributed by atoms with van der Waals surface area (Å²) in [4.78, 5) is 1.37. The summed E-state index contributed by atoms with van der Waals surface area (Å²) in [6.07, 6.45) is 0.684. The Labute approximate surface area is 129 Å². The van der Waals surface area contributed by atoms with Crippen molar-refractivity contribution in [2.24, 2.45) is 0 Å². The first kappa shape index (κ1) is 15.7. The highest BCUT2D eigenvalue weighted by Crippen LogP contribution is 2.20. The van der Waals surface area contributed by atoms with Crippen LogP contribution in [-0.2, 0) is 16.4 Å². The number of thiophene rings is 1. The molecule has 0 aliphatic rings. The van der Waals surface area contributed by atoms with Crippen LogP contribution in [0, 0.1) is 11.3 Å². The van der Waals surface area contributed by atoms with E-state index in [0.717, 1.165) is 4.88 Å². The quantitative estimate of drug-likeness (QED) is 0.851. The fourth-order valence-corrected chi connectivity index (χ4v) is 4.14. The van der Waals surface area contributed by atoms with Crippen molar-refractivity contribution in [3.05, 3.63) is 52.2 Å². The number of hydrogen-bond acceptors (Lipinski definition) is 4. The summed E-state index contributed by atoms with van der Waals surface area (Å²) < 4.78 is 26.5. The summed E-state index contributed by atoms with van der Waals surface area (Å²) in [5.74, 6) is 0. The smallest absolute Gasteiger partial charge is 0.207 e. The molecule has 6 heteroatoms. The van der Waals surface area contributed by atoms with Crippen LogP contribution in [0.2, 0.25) is 0 Å². The van der Waals surface area contributed by atoms with Crippen LogP contribution in [0.5, 0.6) is 0 Å². The third-order valence-corrected chi connectivity index (χ3v) is 6.24. The Hall–Kier alpha value is -1.68. The zero-order chi connectivity index (χ0) is 15.5. The minimum absolute atomic E-state index is 0.135. The first-order valence-electron chi connectivity index (χ1n) is 6.45. The topological polar surface area (TPSA) is 61.2 Å². The predicted octanol–water partition coefficient (Wildman–Crippen LogP) is 2.87. The minimum atomic E-state index is -3.54. The molecule has 1 aromatic carbocycles. The molecule has 2 rings (SSSR count). The maximum atomic E-state index is 12.5. The second-order valence-corrected chi connectivity index (χ2v) is 7.82. The van der Waals surface area contributed by atoms with E-state index in [1.165, 1.54) is 28.6 Å². The number of hydrogen-bond donors (Lipinski definition) is 0. The largest absolute Gasteiger partial charge is 0.243 e. The number of likely N-dealkylation sites (N-methyl/N-ethyl adjacent to an activating group) is 1. The fourth-order valence-electron chi connectivity index (χ4n) is 1.95. The van der Waals surface area contributed by atoms with Crippen LogP contribution in [0.15, 0.2) is 46.7 Å². The second-order valence-electron chi connectivity index (χ2n) is 4.79. The van der Waals surface area contributed by atoms with E-state index in [1.54, 1.807) is 18.4 Å². The molecule has 0 amide bonds. The Bertz CT molecular complexity index is 729. The van der Waals surface area contributed by atoms with Gasteiger partial charge >= 0.3 is 0 Å². The molecule has 0 aliphatic heterocycles. The molecule has 0 radical (unpaired) electrons. The van der Waals surface area contributed by atoms with E-state index < -0.39 is 10.0 Å². The number of rotatable bonds is 5. The van der Waals surface area contributed by atoms with Crippen molar-refractivity contribution in [2.45, 2.75) is 24.3 Å². The number of benzene rings is 1. The standard InChI is InChI=1S/C15H16N2O2S2/c1-12(10-14-4-3-9-20-14)17(2)21(18,19)15-7-5-13(11-16)6-8-15/h3-9,12H,10H2,1-2H3. The molecule has 0 aliphatic carbocycles. The first-order chi connectivity index (χ1) is 9.95. The number of sulfonamides is 1. The average Bonchev–Trinajstić information content (AvgIpc) is 2.99. The van der Waals surface area contributed by atoms with E-state index in [1.807, 2.05) is 30.5 Å². The summed E-state index contributed by atoms with van der Waals surface area (Å²) in [6.45, 7) is 1.89. The molecule has 0 N–H and O–H groups in total. The molecule has 4 nitrogen and oxygen atoms in total. The fraction of sp³-hybridized carbons (Fsp3) is 0.267. The van der Waals surface area contributed by atoms with Crippen LogP contribution in [-0.4, -0.2) is 25.8 Å². The molecule has 2 aromatic rings. The number of nitrogens with zero attached hydrogens (tertiary/aromatic N) is 2. The van der Waals surface area contributed by atoms with Crippen LogP contribution < -0.4 is 0 Å². The van der Waals surface area contributed by atoms with Gasteiger partial charge in [-0.1, -0.05) is 6.07 Å². The Morgan fingerprint density at radius 3 is 2.48 bits per heavy atom. The molecule has 1 aromatic heterocycles. The molecule has 0 saturated heterocycles. The van der Waals surface area contributed by atoms with Crippen molar-refractivity contribution in [3.63, 3.8) is 0 Å². The lowest BCUT2D eigenvalue weighted by molar-refractivity contribution is 0.388. The molecule has 110 valence electrons. The Balaban J connectivity index is 2.19. The van der Waals surface area contributed by atoms with Crippen LogP contribution in [0.4, 0.5) is 0 Å². The van der Waals surface area contributed by atoms with Gasteiger partial charge in [-0.05, 0) is 49.1 Å². The van der Waals surface area contributed by atoms with Gasteiger partial charge in [-0.25, -0.2) is 8.42 Å². The van der Waals surface area contributed by atoms with Crippen LogP contribution in [0.3, 0.4) is 0 Å². The number of nitriles is 1. The molecule has 0 spiro atoms. The van der Waals surface area contributed by atoms with Gasteiger partial charge in [-0.3, -0.25) is 0 Å². The van der Waals surface area contributed by atoms with E-state index in [2.05, 4.69) is 0 Å². The first-order valence-corrected chi connectivity index (χ1v) is 8.77. The van der Waals surface area contributed by atoms with Crippen molar-refractivity contribution in [3.8, 4) is 6.07 Å². The van der Waals surface area contributed by atoms with Gasteiger partial charge in [0.05, 0.1) is 16.5 Å².